The van der Waals surface area contributed by atoms with Gasteiger partial charge in [-0.1, -0.05) is 0 Å². The Kier molecular flexibility index (Phi) is 33.1. The molecular formula is C62H104N4O46. The summed E-state index contributed by atoms with van der Waals surface area (Å²) in [6.07, 6.45) is -85.4. The lowest BCUT2D eigenvalue weighted by Gasteiger charge is -2.51. The largest absolute Gasteiger partial charge is 0.394 e. The maximum absolute atomic E-state index is 13.1. The number of aliphatic hydroxyl groups is 25. The molecule has 0 spiro atoms. The standard InChI is InChI=1S/C62H104N4O46/c1-14(75)63-27-38(86)47(23(10-72)97-54(27)95)106-56-29(65-16(3)77)39(87)49(24(11-73)103-56)108-60-46(94)51(36(84)26(105-60)13-96-61-52(42(90)33(81)20(7-69)101-61)111-55-28(64-15(2)76)37(85)31(79)18(5-67)98-55)110-62-53(43(91)34(82)21(8-70)102-62)112-57-30(66-17(4)78)40(88)48(25(12-74)104-57)107-59-45(93)50(35(83)22(9-71)100-59)109-58-44(92)41(89)32(80)19(6-68)99-58/h18-62,67-74,79-95H,5-13H2,1-4H3,(H,63,75)(H,64,76)(H,65,77)(H,66,78)/t18-,19-,20-,21-,22-,23-,24-,25-,26-,27-,28-,29-,30-,31-,32+,33-,34-,35+,36-,37-,38-,39-,40-,41+,42+,43+,44-,45-,46+,47-,48-,49-,50+,51+,52+,53+,54-,55+,56+,57+,58-,59+,60+,61+,62-/m1/s1. The predicted octanol–water partition coefficient (Wildman–Crippen LogP) is -20.1. The highest BCUT2D eigenvalue weighted by Crippen LogP contribution is 2.40. The Hall–Kier alpha value is -3.80. The van der Waals surface area contributed by atoms with E-state index in [1.165, 1.54) is 0 Å². The Labute approximate surface area is 634 Å². The molecule has 648 valence electrons. The van der Waals surface area contributed by atoms with Crippen LogP contribution >= 0.6 is 0 Å². The molecule has 50 nitrogen and oxygen atoms in total. The van der Waals surface area contributed by atoms with Crippen LogP contribution in [0.15, 0.2) is 0 Å². The van der Waals surface area contributed by atoms with Crippen molar-refractivity contribution in [3.8, 4) is 0 Å². The summed E-state index contributed by atoms with van der Waals surface area (Å²) in [5.74, 6) is -3.56. The van der Waals surface area contributed by atoms with E-state index in [1.807, 2.05) is 0 Å². The third-order valence-corrected chi connectivity index (χ3v) is 20.4. The van der Waals surface area contributed by atoms with Gasteiger partial charge in [-0.05, 0) is 0 Å². The fourth-order valence-electron chi connectivity index (χ4n) is 14.4. The molecule has 0 unspecified atom stereocenters. The van der Waals surface area contributed by atoms with Crippen LogP contribution in [0.3, 0.4) is 0 Å². The molecular weight excluding hydrogens is 1540 g/mol. The monoisotopic (exact) mass is 1640 g/mol. The minimum Gasteiger partial charge on any atom is -0.394 e. The fourth-order valence-corrected chi connectivity index (χ4v) is 14.4. The lowest BCUT2D eigenvalue weighted by atomic mass is 9.93. The third kappa shape index (κ3) is 20.2. The molecule has 45 atom stereocenters. The summed E-state index contributed by atoms with van der Waals surface area (Å²) in [6.45, 7) is -5.97. The Balaban J connectivity index is 1.04. The smallest absolute Gasteiger partial charge is 0.217 e. The van der Waals surface area contributed by atoms with Crippen LogP contribution in [0.5, 0.6) is 0 Å². The number of hydrogen-bond acceptors (Lipinski definition) is 46. The summed E-state index contributed by atoms with van der Waals surface area (Å²) in [5, 5.41) is 287. The van der Waals surface area contributed by atoms with Crippen LogP contribution in [0.4, 0.5) is 0 Å². The van der Waals surface area contributed by atoms with Gasteiger partial charge in [0, 0.05) is 27.7 Å². The van der Waals surface area contributed by atoms with E-state index in [2.05, 4.69) is 21.3 Å². The fraction of sp³-hybridized carbons (Fsp3) is 0.935. The number of ether oxygens (including phenoxy) is 17. The zero-order chi connectivity index (χ0) is 82.5. The average Bonchev–Trinajstić information content (AvgIpc) is 0.767. The van der Waals surface area contributed by atoms with E-state index in [1.54, 1.807) is 0 Å². The van der Waals surface area contributed by atoms with E-state index in [0.717, 1.165) is 27.7 Å². The molecule has 0 aromatic rings. The minimum atomic E-state index is -2.57. The number of rotatable bonds is 29. The van der Waals surface area contributed by atoms with Crippen molar-refractivity contribution >= 4 is 23.6 Å². The van der Waals surface area contributed by atoms with Gasteiger partial charge < -0.3 is 229 Å². The molecule has 0 saturated carbocycles. The van der Waals surface area contributed by atoms with Crippen LogP contribution in [-0.2, 0) is 99.7 Å². The highest BCUT2D eigenvalue weighted by Gasteiger charge is 2.61. The summed E-state index contributed by atoms with van der Waals surface area (Å²) in [5.41, 5.74) is 0. The van der Waals surface area contributed by atoms with Crippen molar-refractivity contribution in [2.75, 3.05) is 59.5 Å². The van der Waals surface area contributed by atoms with E-state index < -0.39 is 359 Å². The van der Waals surface area contributed by atoms with Crippen LogP contribution in [-0.4, -0.2) is 487 Å². The Morgan fingerprint density at radius 3 is 0.902 bits per heavy atom. The van der Waals surface area contributed by atoms with E-state index in [0.29, 0.717) is 0 Å². The highest BCUT2D eigenvalue weighted by atomic mass is 16.8. The molecule has 0 aromatic carbocycles. The zero-order valence-electron chi connectivity index (χ0n) is 60.1. The van der Waals surface area contributed by atoms with Crippen LogP contribution in [0.1, 0.15) is 27.7 Å². The molecule has 9 aliphatic heterocycles. The van der Waals surface area contributed by atoms with Crippen molar-refractivity contribution in [2.45, 2.75) is 304 Å². The second kappa shape index (κ2) is 40.3. The van der Waals surface area contributed by atoms with Crippen molar-refractivity contribution in [2.24, 2.45) is 0 Å². The third-order valence-electron chi connectivity index (χ3n) is 20.4. The van der Waals surface area contributed by atoms with Crippen molar-refractivity contribution in [1.29, 1.82) is 0 Å². The van der Waals surface area contributed by atoms with Crippen molar-refractivity contribution in [3.63, 3.8) is 0 Å². The number of aliphatic hydroxyl groups excluding tert-OH is 25. The van der Waals surface area contributed by atoms with Gasteiger partial charge in [0.15, 0.2) is 56.6 Å². The SMILES string of the molecule is CC(=O)N[C@@H]1[C@@H](O)[C@H](O[C@@H]2O[C@H](CO)[C@@H](O[C@@H]3O[C@H](CO[C@H]4O[C@H](CO)[C@@H](O)[C@H](O)[C@@H]4O[C@@H]4O[C@H](CO)[C@@H](O)[C@H](O)[C@H]4NC(C)=O)[C@@H](O)[C@H](O[C@H]4O[C@H](CO)[C@@H](O)[C@H](O)[C@@H]4O[C@@H]4O[C@H](CO)[C@@H](O[C@@H]5O[C@H](CO)[C@H](O)[C@H](O[C@H]6O[C@H](CO)[C@H](O)[C@H](O)[C@H]6O)[C@H]5O)[C@H](O)[C@H]4NC(C)=O)[C@@H]3O)[C@H](O)[C@H]2NC(C)=O)[C@@H](CO)O[C@H]1O. The summed E-state index contributed by atoms with van der Waals surface area (Å²) in [4.78, 5) is 50.6. The van der Waals surface area contributed by atoms with Gasteiger partial charge in [-0.25, -0.2) is 0 Å². The highest BCUT2D eigenvalue weighted by molar-refractivity contribution is 5.74. The molecule has 0 aromatic heterocycles. The first kappa shape index (κ1) is 92.1. The molecule has 4 amide bonds. The number of nitrogens with one attached hydrogen (secondary N) is 4. The molecule has 29 N–H and O–H groups in total. The van der Waals surface area contributed by atoms with E-state index in [-0.39, 0.29) is 0 Å². The molecule has 0 aliphatic carbocycles. The topological polar surface area (TPSA) is 779 Å². The van der Waals surface area contributed by atoms with Crippen LogP contribution < -0.4 is 21.3 Å². The van der Waals surface area contributed by atoms with Gasteiger partial charge in [-0.3, -0.25) is 19.2 Å². The molecule has 9 fully saturated rings. The first-order chi connectivity index (χ1) is 53.0. The van der Waals surface area contributed by atoms with Gasteiger partial charge in [0.05, 0.1) is 59.5 Å². The minimum absolute atomic E-state index is 0.785. The quantitative estimate of drug-likeness (QED) is 0.0331. The van der Waals surface area contributed by atoms with Crippen LogP contribution in [0.2, 0.25) is 0 Å². The van der Waals surface area contributed by atoms with E-state index >= 15 is 0 Å². The summed E-state index contributed by atoms with van der Waals surface area (Å²) < 4.78 is 100. The Morgan fingerprint density at radius 1 is 0.232 bits per heavy atom. The summed E-state index contributed by atoms with van der Waals surface area (Å²) >= 11 is 0. The van der Waals surface area contributed by atoms with Crippen LogP contribution in [0, 0.1) is 0 Å². The Morgan fingerprint density at radius 2 is 0.491 bits per heavy atom. The maximum atomic E-state index is 13.1. The lowest BCUT2D eigenvalue weighted by molar-refractivity contribution is -0.400. The molecule has 9 rings (SSSR count). The molecule has 112 heavy (non-hydrogen) atoms. The lowest BCUT2D eigenvalue weighted by Crippen LogP contribution is -2.71. The number of carbonyl (C=O) groups is 4. The normalized spacial score (nSPS) is 48.9. The molecule has 9 heterocycles. The summed E-state index contributed by atoms with van der Waals surface area (Å²) in [6, 6.07) is -7.32. The Bertz CT molecular complexity index is 2970. The second-order valence-electron chi connectivity index (χ2n) is 28.2. The van der Waals surface area contributed by atoms with Crippen molar-refractivity contribution in [3.05, 3.63) is 0 Å². The van der Waals surface area contributed by atoms with E-state index in [9.17, 15) is 147 Å². The van der Waals surface area contributed by atoms with Gasteiger partial charge in [0.2, 0.25) is 23.6 Å². The van der Waals surface area contributed by atoms with Gasteiger partial charge in [-0.2, -0.15) is 0 Å². The molecule has 0 radical (unpaired) electrons. The predicted molar refractivity (Wildman–Crippen MR) is 343 cm³/mol. The molecule has 9 aliphatic rings. The van der Waals surface area contributed by atoms with Gasteiger partial charge in [-0.15, -0.1) is 0 Å². The number of carbonyl (C=O) groups excluding carboxylic acids is 4. The first-order valence-corrected chi connectivity index (χ1v) is 35.6. The number of hydrogen-bond donors (Lipinski definition) is 29. The van der Waals surface area contributed by atoms with E-state index in [4.69, 9.17) is 80.5 Å². The molecule has 9 saturated heterocycles. The zero-order valence-corrected chi connectivity index (χ0v) is 60.1. The molecule has 0 bridgehead atoms. The second-order valence-corrected chi connectivity index (χ2v) is 28.2. The number of amides is 4. The van der Waals surface area contributed by atoms with Gasteiger partial charge in [0.1, 0.15) is 219 Å². The average molecular weight is 1640 g/mol. The molecule has 50 heteroatoms. The maximum Gasteiger partial charge on any atom is 0.217 e. The first-order valence-electron chi connectivity index (χ1n) is 35.6. The van der Waals surface area contributed by atoms with Gasteiger partial charge in [0.25, 0.3) is 0 Å². The van der Waals surface area contributed by atoms with Crippen LogP contribution in [0.25, 0.3) is 0 Å². The van der Waals surface area contributed by atoms with Crippen molar-refractivity contribution < 1.29 is 227 Å². The van der Waals surface area contributed by atoms with Crippen molar-refractivity contribution in [1.82, 2.24) is 21.3 Å². The summed E-state index contributed by atoms with van der Waals surface area (Å²) in [7, 11) is 0. The van der Waals surface area contributed by atoms with Gasteiger partial charge >= 0.3 is 0 Å².